The predicted octanol–water partition coefficient (Wildman–Crippen LogP) is 3.96. The molecule has 2 heterocycles. The van der Waals surface area contributed by atoms with E-state index in [0.29, 0.717) is 16.8 Å². The van der Waals surface area contributed by atoms with Crippen molar-refractivity contribution in [1.29, 1.82) is 0 Å². The molecule has 27 heavy (non-hydrogen) atoms. The first-order valence-corrected chi connectivity index (χ1v) is 9.13. The van der Waals surface area contributed by atoms with Gasteiger partial charge in [-0.15, -0.1) is 11.3 Å². The number of carbonyl (C=O) groups is 1. The zero-order valence-electron chi connectivity index (χ0n) is 14.1. The minimum Gasteiger partial charge on any atom is -0.475 e. The first kappa shape index (κ1) is 17.0. The van der Waals surface area contributed by atoms with Gasteiger partial charge in [0.05, 0.1) is 5.39 Å². The van der Waals surface area contributed by atoms with Crippen LogP contribution < -0.4 is 10.9 Å². The summed E-state index contributed by atoms with van der Waals surface area (Å²) < 4.78 is 0. The van der Waals surface area contributed by atoms with Gasteiger partial charge in [-0.3, -0.25) is 4.79 Å². The van der Waals surface area contributed by atoms with Gasteiger partial charge in [0.15, 0.2) is 0 Å². The number of para-hydroxylation sites is 1. The maximum Gasteiger partial charge on any atom is 0.372 e. The van der Waals surface area contributed by atoms with Gasteiger partial charge >= 0.3 is 5.97 Å². The molecule has 2 aromatic carbocycles. The van der Waals surface area contributed by atoms with Crippen molar-refractivity contribution in [1.82, 2.24) is 9.97 Å². The molecule has 3 N–H and O–H groups in total. The van der Waals surface area contributed by atoms with Crippen molar-refractivity contribution >= 4 is 33.2 Å². The van der Waals surface area contributed by atoms with Crippen LogP contribution >= 0.6 is 11.3 Å². The third-order valence-electron chi connectivity index (χ3n) is 4.20. The van der Waals surface area contributed by atoms with Gasteiger partial charge in [-0.2, -0.15) is 0 Å². The van der Waals surface area contributed by atoms with Crippen molar-refractivity contribution in [3.8, 4) is 11.1 Å². The summed E-state index contributed by atoms with van der Waals surface area (Å²) in [5.74, 6) is -1.60. The summed E-state index contributed by atoms with van der Waals surface area (Å²) in [6.07, 6.45) is 0. The summed E-state index contributed by atoms with van der Waals surface area (Å²) >= 11 is 1.26. The molecule has 0 aliphatic rings. The number of H-pyrrole nitrogens is 1. The summed E-state index contributed by atoms with van der Waals surface area (Å²) in [7, 11) is 0. The van der Waals surface area contributed by atoms with Crippen molar-refractivity contribution in [2.45, 2.75) is 6.54 Å². The number of nitrogens with zero attached hydrogens (tertiary/aromatic N) is 1. The Morgan fingerprint density at radius 1 is 1.11 bits per heavy atom. The fourth-order valence-corrected chi connectivity index (χ4v) is 3.88. The summed E-state index contributed by atoms with van der Waals surface area (Å²) in [6, 6.07) is 18.0. The standard InChI is InChI=1S/C20H15N3O3S/c24-18-16-13(11-27-19(16)23-17(22-18)20(25)26)10-21-15-9-5-4-8-14(15)12-6-2-1-3-7-12/h1-9,11,21H,10H2,(H,25,26)(H,22,23,24). The van der Waals surface area contributed by atoms with Crippen LogP contribution in [0.1, 0.15) is 16.2 Å². The molecule has 0 spiro atoms. The number of carboxylic acids is 1. The van der Waals surface area contributed by atoms with Crippen LogP contribution in [0.2, 0.25) is 0 Å². The minimum atomic E-state index is -1.25. The number of aromatic amines is 1. The smallest absolute Gasteiger partial charge is 0.372 e. The Labute approximate surface area is 158 Å². The van der Waals surface area contributed by atoms with Gasteiger partial charge in [0.2, 0.25) is 5.82 Å². The number of aromatic carboxylic acids is 1. The van der Waals surface area contributed by atoms with Crippen LogP contribution in [0.15, 0.2) is 64.8 Å². The lowest BCUT2D eigenvalue weighted by Crippen LogP contribution is -2.16. The largest absolute Gasteiger partial charge is 0.475 e. The van der Waals surface area contributed by atoms with Crippen molar-refractivity contribution in [3.05, 3.63) is 81.7 Å². The average molecular weight is 377 g/mol. The first-order chi connectivity index (χ1) is 13.1. The number of aromatic nitrogens is 2. The van der Waals surface area contributed by atoms with Gasteiger partial charge in [0.25, 0.3) is 5.56 Å². The number of carboxylic acid groups (broad SMARTS) is 1. The quantitative estimate of drug-likeness (QED) is 0.489. The molecule has 7 heteroatoms. The number of nitrogens with one attached hydrogen (secondary N) is 2. The van der Waals surface area contributed by atoms with Crippen LogP contribution in [0.25, 0.3) is 21.3 Å². The number of rotatable bonds is 5. The molecule has 134 valence electrons. The molecule has 0 saturated heterocycles. The predicted molar refractivity (Wildman–Crippen MR) is 106 cm³/mol. The number of anilines is 1. The van der Waals surface area contributed by atoms with E-state index in [1.54, 1.807) is 0 Å². The highest BCUT2D eigenvalue weighted by Crippen LogP contribution is 2.29. The maximum absolute atomic E-state index is 12.3. The molecule has 0 amide bonds. The van der Waals surface area contributed by atoms with E-state index in [1.807, 2.05) is 60.0 Å². The van der Waals surface area contributed by atoms with Crippen LogP contribution in [-0.4, -0.2) is 21.0 Å². The van der Waals surface area contributed by atoms with E-state index in [1.165, 1.54) is 11.3 Å². The average Bonchev–Trinajstić information content (AvgIpc) is 3.11. The molecule has 4 aromatic rings. The Balaban J connectivity index is 1.66. The summed E-state index contributed by atoms with van der Waals surface area (Å²) in [6.45, 7) is 0.432. The maximum atomic E-state index is 12.3. The van der Waals surface area contributed by atoms with E-state index in [0.717, 1.165) is 22.4 Å². The van der Waals surface area contributed by atoms with Crippen LogP contribution in [0.5, 0.6) is 0 Å². The summed E-state index contributed by atoms with van der Waals surface area (Å²) in [5, 5.41) is 14.7. The van der Waals surface area contributed by atoms with E-state index >= 15 is 0 Å². The van der Waals surface area contributed by atoms with E-state index in [2.05, 4.69) is 15.3 Å². The lowest BCUT2D eigenvalue weighted by atomic mass is 10.0. The number of benzene rings is 2. The minimum absolute atomic E-state index is 0.344. The van der Waals surface area contributed by atoms with Crippen LogP contribution in [0.3, 0.4) is 0 Å². The number of fused-ring (bicyclic) bond motifs is 1. The molecule has 0 unspecified atom stereocenters. The molecule has 6 nitrogen and oxygen atoms in total. The molecule has 0 bridgehead atoms. The number of hydrogen-bond acceptors (Lipinski definition) is 5. The van der Waals surface area contributed by atoms with Crippen molar-refractivity contribution in [2.75, 3.05) is 5.32 Å². The third kappa shape index (κ3) is 3.32. The zero-order chi connectivity index (χ0) is 18.8. The lowest BCUT2D eigenvalue weighted by Gasteiger charge is -2.12. The Hall–Kier alpha value is -3.45. The second-order valence-electron chi connectivity index (χ2n) is 5.93. The zero-order valence-corrected chi connectivity index (χ0v) is 14.9. The van der Waals surface area contributed by atoms with Crippen LogP contribution in [0.4, 0.5) is 5.69 Å². The molecular formula is C20H15N3O3S. The van der Waals surface area contributed by atoms with Gasteiger partial charge in [-0.1, -0.05) is 48.5 Å². The number of thiophene rings is 1. The summed E-state index contributed by atoms with van der Waals surface area (Å²) in [5.41, 5.74) is 3.46. The highest BCUT2D eigenvalue weighted by Gasteiger charge is 2.15. The van der Waals surface area contributed by atoms with Gasteiger partial charge in [-0.05, 0) is 22.6 Å². The fraction of sp³-hybridized carbons (Fsp3) is 0.0500. The molecule has 2 aromatic heterocycles. The van der Waals surface area contributed by atoms with E-state index in [4.69, 9.17) is 5.11 Å². The van der Waals surface area contributed by atoms with Crippen LogP contribution in [-0.2, 0) is 6.54 Å². The molecule has 0 atom stereocenters. The Bertz CT molecular complexity index is 1180. The molecule has 0 fully saturated rings. The first-order valence-electron chi connectivity index (χ1n) is 8.25. The van der Waals surface area contributed by atoms with E-state index in [-0.39, 0.29) is 5.82 Å². The van der Waals surface area contributed by atoms with Crippen molar-refractivity contribution < 1.29 is 9.90 Å². The number of hydrogen-bond donors (Lipinski definition) is 3. The SMILES string of the molecule is O=C(O)c1nc2scc(CNc3ccccc3-c3ccccc3)c2c(=O)[nH]1. The molecule has 0 radical (unpaired) electrons. The Kier molecular flexibility index (Phi) is 4.43. The monoisotopic (exact) mass is 377 g/mol. The molecular weight excluding hydrogens is 362 g/mol. The van der Waals surface area contributed by atoms with E-state index in [9.17, 15) is 9.59 Å². The second-order valence-corrected chi connectivity index (χ2v) is 6.78. The van der Waals surface area contributed by atoms with Gasteiger partial charge in [0, 0.05) is 17.8 Å². The summed E-state index contributed by atoms with van der Waals surface area (Å²) in [4.78, 5) is 30.1. The van der Waals surface area contributed by atoms with Gasteiger partial charge in [-0.25, -0.2) is 9.78 Å². The Morgan fingerprint density at radius 2 is 1.85 bits per heavy atom. The van der Waals surface area contributed by atoms with Crippen molar-refractivity contribution in [2.24, 2.45) is 0 Å². The highest BCUT2D eigenvalue weighted by atomic mass is 32.1. The van der Waals surface area contributed by atoms with Gasteiger partial charge in [0.1, 0.15) is 4.83 Å². The van der Waals surface area contributed by atoms with E-state index < -0.39 is 11.5 Å². The molecule has 0 aliphatic carbocycles. The second kappa shape index (κ2) is 7.05. The topological polar surface area (TPSA) is 95.1 Å². The molecule has 0 aliphatic heterocycles. The fourth-order valence-electron chi connectivity index (χ4n) is 2.94. The lowest BCUT2D eigenvalue weighted by molar-refractivity contribution is 0.0683. The normalized spacial score (nSPS) is 10.8. The van der Waals surface area contributed by atoms with Crippen molar-refractivity contribution in [3.63, 3.8) is 0 Å². The third-order valence-corrected chi connectivity index (χ3v) is 5.12. The molecule has 0 saturated carbocycles. The van der Waals surface area contributed by atoms with Gasteiger partial charge < -0.3 is 15.4 Å². The Morgan fingerprint density at radius 3 is 2.63 bits per heavy atom. The molecule has 4 rings (SSSR count). The highest BCUT2D eigenvalue weighted by molar-refractivity contribution is 7.16. The van der Waals surface area contributed by atoms with Crippen LogP contribution in [0, 0.1) is 0 Å².